The van der Waals surface area contributed by atoms with Gasteiger partial charge in [0.25, 0.3) is 5.22 Å². The number of carbonyl (C=O) groups excluding carboxylic acids is 1. The van der Waals surface area contributed by atoms with Crippen molar-refractivity contribution in [2.45, 2.75) is 5.22 Å². The summed E-state index contributed by atoms with van der Waals surface area (Å²) in [7, 11) is 1.61. The Balaban J connectivity index is 1.48. The van der Waals surface area contributed by atoms with E-state index in [2.05, 4.69) is 10.2 Å². The highest BCUT2D eigenvalue weighted by atomic mass is 32.2. The van der Waals surface area contributed by atoms with Crippen LogP contribution in [0.15, 0.2) is 64.2 Å². The summed E-state index contributed by atoms with van der Waals surface area (Å²) >= 11 is 1.34. The van der Waals surface area contributed by atoms with Crippen molar-refractivity contribution in [3.05, 3.63) is 60.2 Å². The van der Waals surface area contributed by atoms with E-state index in [1.807, 2.05) is 30.3 Å². The van der Waals surface area contributed by atoms with Crippen LogP contribution >= 0.6 is 11.8 Å². The maximum atomic E-state index is 11.8. The fourth-order valence-electron chi connectivity index (χ4n) is 2.04. The van der Waals surface area contributed by atoms with Gasteiger partial charge in [-0.05, 0) is 36.4 Å². The van der Waals surface area contributed by atoms with Crippen molar-refractivity contribution in [3.63, 3.8) is 0 Å². The number of hydrogen-bond acceptors (Lipinski definition) is 7. The van der Waals surface area contributed by atoms with Gasteiger partial charge in [-0.25, -0.2) is 4.79 Å². The molecule has 1 heterocycles. The molecular weight excluding hydrogens is 340 g/mol. The second kappa shape index (κ2) is 8.34. The van der Waals surface area contributed by atoms with E-state index in [9.17, 15) is 4.79 Å². The molecule has 0 fully saturated rings. The van der Waals surface area contributed by atoms with Gasteiger partial charge in [0, 0.05) is 11.3 Å². The maximum absolute atomic E-state index is 11.8. The molecule has 0 N–H and O–H groups in total. The van der Waals surface area contributed by atoms with E-state index in [0.29, 0.717) is 22.4 Å². The highest BCUT2D eigenvalue weighted by Gasteiger charge is 2.10. The lowest BCUT2D eigenvalue weighted by Gasteiger charge is -2.03. The number of ether oxygens (including phenoxy) is 2. The molecule has 0 saturated carbocycles. The van der Waals surface area contributed by atoms with Gasteiger partial charge in [-0.15, -0.1) is 10.2 Å². The maximum Gasteiger partial charge on any atom is 0.338 e. The number of esters is 1. The van der Waals surface area contributed by atoms with Crippen LogP contribution < -0.4 is 4.74 Å². The molecule has 0 atom stereocenters. The van der Waals surface area contributed by atoms with Crippen LogP contribution in [-0.4, -0.2) is 35.6 Å². The van der Waals surface area contributed by atoms with Gasteiger partial charge < -0.3 is 13.9 Å². The van der Waals surface area contributed by atoms with E-state index in [1.54, 1.807) is 31.4 Å². The van der Waals surface area contributed by atoms with Gasteiger partial charge >= 0.3 is 5.97 Å². The smallest absolute Gasteiger partial charge is 0.338 e. The minimum atomic E-state index is -0.342. The molecule has 25 heavy (non-hydrogen) atoms. The van der Waals surface area contributed by atoms with E-state index in [4.69, 9.17) is 13.9 Å². The Kier molecular flexibility index (Phi) is 5.69. The van der Waals surface area contributed by atoms with Crippen molar-refractivity contribution in [1.29, 1.82) is 0 Å². The largest absolute Gasteiger partial charge is 0.497 e. The highest BCUT2D eigenvalue weighted by molar-refractivity contribution is 7.99. The SMILES string of the molecule is COc1ccc(-c2nnc(SCCOC(=O)c3ccccc3)o2)cc1. The van der Waals surface area contributed by atoms with Crippen LogP contribution in [0.4, 0.5) is 0 Å². The van der Waals surface area contributed by atoms with Crippen molar-refractivity contribution in [1.82, 2.24) is 10.2 Å². The quantitative estimate of drug-likeness (QED) is 0.363. The van der Waals surface area contributed by atoms with E-state index in [1.165, 1.54) is 11.8 Å². The average Bonchev–Trinajstić information content (AvgIpc) is 3.15. The summed E-state index contributed by atoms with van der Waals surface area (Å²) in [5, 5.41) is 8.43. The lowest BCUT2D eigenvalue weighted by atomic mass is 10.2. The first-order valence-corrected chi connectivity index (χ1v) is 8.58. The molecule has 0 unspecified atom stereocenters. The molecule has 0 aliphatic rings. The molecule has 3 rings (SSSR count). The molecule has 0 spiro atoms. The molecular formula is C18H16N2O4S. The second-order valence-electron chi connectivity index (χ2n) is 4.95. The van der Waals surface area contributed by atoms with E-state index < -0.39 is 0 Å². The molecule has 0 bridgehead atoms. The molecule has 0 saturated heterocycles. The predicted octanol–water partition coefficient (Wildman–Crippen LogP) is 3.69. The zero-order valence-corrected chi connectivity index (χ0v) is 14.4. The van der Waals surface area contributed by atoms with Crippen LogP contribution in [0.2, 0.25) is 0 Å². The third-order valence-corrected chi connectivity index (χ3v) is 4.08. The Morgan fingerprint density at radius 3 is 2.56 bits per heavy atom. The summed E-state index contributed by atoms with van der Waals surface area (Å²) in [6, 6.07) is 16.2. The van der Waals surface area contributed by atoms with Crippen molar-refractivity contribution in [2.75, 3.05) is 19.5 Å². The summed E-state index contributed by atoms with van der Waals surface area (Å²) in [5.41, 5.74) is 1.35. The van der Waals surface area contributed by atoms with Gasteiger partial charge in [-0.2, -0.15) is 0 Å². The summed E-state index contributed by atoms with van der Waals surface area (Å²) in [6.07, 6.45) is 0. The predicted molar refractivity (Wildman–Crippen MR) is 93.7 cm³/mol. The van der Waals surface area contributed by atoms with Crippen LogP contribution in [-0.2, 0) is 4.74 Å². The molecule has 6 nitrogen and oxygen atoms in total. The lowest BCUT2D eigenvalue weighted by Crippen LogP contribution is -2.07. The monoisotopic (exact) mass is 356 g/mol. The number of thioether (sulfide) groups is 1. The van der Waals surface area contributed by atoms with Gasteiger partial charge in [0.2, 0.25) is 5.89 Å². The topological polar surface area (TPSA) is 74.5 Å². The van der Waals surface area contributed by atoms with Gasteiger partial charge in [-0.1, -0.05) is 30.0 Å². The molecule has 0 aliphatic carbocycles. The minimum absolute atomic E-state index is 0.263. The van der Waals surface area contributed by atoms with Crippen molar-refractivity contribution < 1.29 is 18.7 Å². The highest BCUT2D eigenvalue weighted by Crippen LogP contribution is 2.24. The zero-order valence-electron chi connectivity index (χ0n) is 13.5. The molecule has 3 aromatic rings. The molecule has 0 amide bonds. The molecule has 0 aliphatic heterocycles. The van der Waals surface area contributed by atoms with Crippen molar-refractivity contribution in [2.24, 2.45) is 0 Å². The van der Waals surface area contributed by atoms with Gasteiger partial charge in [0.05, 0.1) is 12.7 Å². The van der Waals surface area contributed by atoms with Gasteiger partial charge in [-0.3, -0.25) is 0 Å². The Bertz CT molecular complexity index is 819. The first-order valence-electron chi connectivity index (χ1n) is 7.59. The summed E-state index contributed by atoms with van der Waals surface area (Å²) in [4.78, 5) is 11.8. The summed E-state index contributed by atoms with van der Waals surface area (Å²) in [6.45, 7) is 0.263. The standard InChI is InChI=1S/C18H16N2O4S/c1-22-15-9-7-13(8-10-15)16-19-20-18(24-16)25-12-11-23-17(21)14-5-3-2-4-6-14/h2-10H,11-12H2,1H3. The van der Waals surface area contributed by atoms with Crippen molar-refractivity contribution in [3.8, 4) is 17.2 Å². The Hall–Kier alpha value is -2.80. The average molecular weight is 356 g/mol. The van der Waals surface area contributed by atoms with E-state index in [0.717, 1.165) is 11.3 Å². The Labute approximate surface area is 149 Å². The fourth-order valence-corrected chi connectivity index (χ4v) is 2.62. The van der Waals surface area contributed by atoms with Gasteiger partial charge in [0.1, 0.15) is 12.4 Å². The molecule has 2 aromatic carbocycles. The number of benzene rings is 2. The Morgan fingerprint density at radius 2 is 1.84 bits per heavy atom. The van der Waals surface area contributed by atoms with Crippen LogP contribution in [0.1, 0.15) is 10.4 Å². The molecule has 128 valence electrons. The number of carbonyl (C=O) groups is 1. The molecule has 0 radical (unpaired) electrons. The van der Waals surface area contributed by atoms with Crippen LogP contribution in [0.3, 0.4) is 0 Å². The molecule has 7 heteroatoms. The fraction of sp³-hybridized carbons (Fsp3) is 0.167. The normalized spacial score (nSPS) is 10.4. The third-order valence-electron chi connectivity index (χ3n) is 3.29. The number of aromatic nitrogens is 2. The first kappa shape index (κ1) is 17.0. The molecule has 1 aromatic heterocycles. The number of hydrogen-bond donors (Lipinski definition) is 0. The van der Waals surface area contributed by atoms with Crippen LogP contribution in [0, 0.1) is 0 Å². The summed E-state index contributed by atoms with van der Waals surface area (Å²) < 4.78 is 15.9. The van der Waals surface area contributed by atoms with Crippen LogP contribution in [0.25, 0.3) is 11.5 Å². The zero-order chi connectivity index (χ0) is 17.5. The lowest BCUT2D eigenvalue weighted by molar-refractivity contribution is 0.0530. The number of nitrogens with zero attached hydrogens (tertiary/aromatic N) is 2. The van der Waals surface area contributed by atoms with E-state index >= 15 is 0 Å². The summed E-state index contributed by atoms with van der Waals surface area (Å²) in [5.74, 6) is 1.39. The third kappa shape index (κ3) is 4.60. The van der Waals surface area contributed by atoms with Crippen molar-refractivity contribution >= 4 is 17.7 Å². The Morgan fingerprint density at radius 1 is 1.08 bits per heavy atom. The van der Waals surface area contributed by atoms with Gasteiger partial charge in [0.15, 0.2) is 0 Å². The number of rotatable bonds is 7. The number of methoxy groups -OCH3 is 1. The second-order valence-corrected chi connectivity index (χ2v) is 6.00. The first-order chi connectivity index (χ1) is 12.3. The minimum Gasteiger partial charge on any atom is -0.497 e. The van der Waals surface area contributed by atoms with Crippen LogP contribution in [0.5, 0.6) is 5.75 Å². The van der Waals surface area contributed by atoms with E-state index in [-0.39, 0.29) is 12.6 Å².